The Balaban J connectivity index is 2.24. The van der Waals surface area contributed by atoms with E-state index >= 15 is 0 Å². The summed E-state index contributed by atoms with van der Waals surface area (Å²) in [5.74, 6) is -0.156. The highest BCUT2D eigenvalue weighted by atomic mass is 16.5. The third kappa shape index (κ3) is 3.66. The van der Waals surface area contributed by atoms with Crippen LogP contribution in [0.5, 0.6) is 0 Å². The summed E-state index contributed by atoms with van der Waals surface area (Å²) < 4.78 is 5.18. The molecule has 1 N–H and O–H groups in total. The highest BCUT2D eigenvalue weighted by molar-refractivity contribution is 5.92. The standard InChI is InChI=1S/C15H20N4O2/c1-11-6-4-5-7-13(11)9-19(12(2)10-21-3)15(20)14-8-16-18-17-14/h4-8,12H,9-10H2,1-3H3,(H,16,17,18). The molecular weight excluding hydrogens is 268 g/mol. The van der Waals surface area contributed by atoms with Gasteiger partial charge in [-0.3, -0.25) is 4.79 Å². The van der Waals surface area contributed by atoms with E-state index in [1.165, 1.54) is 6.20 Å². The maximum atomic E-state index is 12.6. The van der Waals surface area contributed by atoms with Crippen molar-refractivity contribution < 1.29 is 9.53 Å². The van der Waals surface area contributed by atoms with E-state index in [0.29, 0.717) is 18.8 Å². The number of aromatic nitrogens is 3. The fraction of sp³-hybridized carbons (Fsp3) is 0.400. The fourth-order valence-electron chi connectivity index (χ4n) is 2.18. The number of carbonyl (C=O) groups is 1. The van der Waals surface area contributed by atoms with E-state index in [1.807, 2.05) is 38.1 Å². The molecule has 1 unspecified atom stereocenters. The van der Waals surface area contributed by atoms with Crippen LogP contribution >= 0.6 is 0 Å². The maximum absolute atomic E-state index is 12.6. The number of methoxy groups -OCH3 is 1. The van der Waals surface area contributed by atoms with Gasteiger partial charge < -0.3 is 9.64 Å². The first-order valence-corrected chi connectivity index (χ1v) is 6.83. The second-order valence-electron chi connectivity index (χ2n) is 5.02. The summed E-state index contributed by atoms with van der Waals surface area (Å²) in [5, 5.41) is 10.0. The molecule has 0 bridgehead atoms. The average Bonchev–Trinajstić information content (AvgIpc) is 3.00. The zero-order chi connectivity index (χ0) is 15.2. The van der Waals surface area contributed by atoms with Gasteiger partial charge in [0.25, 0.3) is 5.91 Å². The molecular formula is C15H20N4O2. The molecule has 0 aliphatic heterocycles. The Morgan fingerprint density at radius 2 is 2.19 bits per heavy atom. The minimum Gasteiger partial charge on any atom is -0.383 e. The fourth-order valence-corrected chi connectivity index (χ4v) is 2.18. The summed E-state index contributed by atoms with van der Waals surface area (Å²) in [7, 11) is 1.63. The maximum Gasteiger partial charge on any atom is 0.276 e. The molecule has 0 aliphatic carbocycles. The molecule has 2 rings (SSSR count). The molecule has 0 saturated heterocycles. The molecule has 0 aliphatic rings. The second kappa shape index (κ2) is 6.99. The molecule has 1 heterocycles. The van der Waals surface area contributed by atoms with E-state index in [0.717, 1.165) is 11.1 Å². The second-order valence-corrected chi connectivity index (χ2v) is 5.02. The van der Waals surface area contributed by atoms with Gasteiger partial charge in [-0.05, 0) is 25.0 Å². The lowest BCUT2D eigenvalue weighted by atomic mass is 10.1. The number of amides is 1. The first kappa shape index (κ1) is 15.2. The van der Waals surface area contributed by atoms with Gasteiger partial charge in [0.05, 0.1) is 18.8 Å². The number of carbonyl (C=O) groups excluding carboxylic acids is 1. The van der Waals surface area contributed by atoms with Crippen molar-refractivity contribution in [3.8, 4) is 0 Å². The van der Waals surface area contributed by atoms with Gasteiger partial charge in [0.1, 0.15) is 0 Å². The third-order valence-corrected chi connectivity index (χ3v) is 3.44. The van der Waals surface area contributed by atoms with Crippen molar-refractivity contribution in [1.82, 2.24) is 20.3 Å². The minimum atomic E-state index is -0.156. The molecule has 1 aromatic heterocycles. The van der Waals surface area contributed by atoms with Gasteiger partial charge in [0.2, 0.25) is 0 Å². The lowest BCUT2D eigenvalue weighted by Crippen LogP contribution is -2.41. The molecule has 0 spiro atoms. The smallest absolute Gasteiger partial charge is 0.276 e. The van der Waals surface area contributed by atoms with Crippen LogP contribution in [0.3, 0.4) is 0 Å². The van der Waals surface area contributed by atoms with Crippen molar-refractivity contribution in [3.05, 3.63) is 47.3 Å². The van der Waals surface area contributed by atoms with E-state index in [1.54, 1.807) is 12.0 Å². The predicted molar refractivity (Wildman–Crippen MR) is 78.8 cm³/mol. The monoisotopic (exact) mass is 288 g/mol. The van der Waals surface area contributed by atoms with Crippen LogP contribution < -0.4 is 0 Å². The molecule has 6 nitrogen and oxygen atoms in total. The predicted octanol–water partition coefficient (Wildman–Crippen LogP) is 1.79. The molecule has 1 amide bonds. The number of ether oxygens (including phenoxy) is 1. The van der Waals surface area contributed by atoms with E-state index in [4.69, 9.17) is 4.74 Å². The summed E-state index contributed by atoms with van der Waals surface area (Å²) in [6, 6.07) is 7.97. The van der Waals surface area contributed by atoms with Crippen LogP contribution in [0.25, 0.3) is 0 Å². The van der Waals surface area contributed by atoms with Gasteiger partial charge in [-0.15, -0.1) is 0 Å². The van der Waals surface area contributed by atoms with Crippen LogP contribution in [0.1, 0.15) is 28.5 Å². The molecule has 112 valence electrons. The summed E-state index contributed by atoms with van der Waals surface area (Å²) in [5.41, 5.74) is 2.57. The largest absolute Gasteiger partial charge is 0.383 e. The Hall–Kier alpha value is -2.21. The van der Waals surface area contributed by atoms with Crippen LogP contribution in [-0.2, 0) is 11.3 Å². The molecule has 0 radical (unpaired) electrons. The third-order valence-electron chi connectivity index (χ3n) is 3.44. The number of hydrogen-bond acceptors (Lipinski definition) is 4. The Morgan fingerprint density at radius 3 is 2.81 bits per heavy atom. The molecule has 21 heavy (non-hydrogen) atoms. The van der Waals surface area contributed by atoms with Crippen LogP contribution in [0, 0.1) is 6.92 Å². The number of H-pyrrole nitrogens is 1. The van der Waals surface area contributed by atoms with Crippen molar-refractivity contribution in [3.63, 3.8) is 0 Å². The van der Waals surface area contributed by atoms with Gasteiger partial charge in [0, 0.05) is 13.7 Å². The number of rotatable bonds is 6. The molecule has 1 atom stereocenters. The Morgan fingerprint density at radius 1 is 1.43 bits per heavy atom. The van der Waals surface area contributed by atoms with Crippen LogP contribution in [0.4, 0.5) is 0 Å². The summed E-state index contributed by atoms with van der Waals surface area (Å²) in [6.45, 7) is 4.98. The van der Waals surface area contributed by atoms with E-state index in [-0.39, 0.29) is 11.9 Å². The summed E-state index contributed by atoms with van der Waals surface area (Å²) in [4.78, 5) is 14.3. The first-order valence-electron chi connectivity index (χ1n) is 6.83. The summed E-state index contributed by atoms with van der Waals surface area (Å²) >= 11 is 0. The van der Waals surface area contributed by atoms with E-state index in [2.05, 4.69) is 15.4 Å². The highest BCUT2D eigenvalue weighted by Crippen LogP contribution is 2.15. The number of benzene rings is 1. The lowest BCUT2D eigenvalue weighted by molar-refractivity contribution is 0.0536. The Labute approximate surface area is 124 Å². The molecule has 6 heteroatoms. The lowest BCUT2D eigenvalue weighted by Gasteiger charge is -2.28. The number of nitrogens with zero attached hydrogens (tertiary/aromatic N) is 3. The first-order chi connectivity index (χ1) is 10.1. The number of aryl methyl sites for hydroxylation is 1. The highest BCUT2D eigenvalue weighted by Gasteiger charge is 2.24. The Bertz CT molecular complexity index is 583. The minimum absolute atomic E-state index is 0.0567. The summed E-state index contributed by atoms with van der Waals surface area (Å²) in [6.07, 6.45) is 1.44. The van der Waals surface area contributed by atoms with Gasteiger partial charge in [-0.1, -0.05) is 24.3 Å². The van der Waals surface area contributed by atoms with Crippen molar-refractivity contribution in [2.75, 3.05) is 13.7 Å². The van der Waals surface area contributed by atoms with Gasteiger partial charge >= 0.3 is 0 Å². The number of nitrogens with one attached hydrogen (secondary N) is 1. The molecule has 2 aromatic rings. The normalized spacial score (nSPS) is 12.1. The quantitative estimate of drug-likeness (QED) is 0.879. The van der Waals surface area contributed by atoms with Crippen molar-refractivity contribution in [1.29, 1.82) is 0 Å². The van der Waals surface area contributed by atoms with Gasteiger partial charge in [0.15, 0.2) is 5.69 Å². The van der Waals surface area contributed by atoms with E-state index < -0.39 is 0 Å². The zero-order valence-electron chi connectivity index (χ0n) is 12.5. The van der Waals surface area contributed by atoms with Gasteiger partial charge in [-0.2, -0.15) is 15.4 Å². The molecule has 0 saturated carbocycles. The van der Waals surface area contributed by atoms with Crippen molar-refractivity contribution in [2.45, 2.75) is 26.4 Å². The SMILES string of the molecule is COCC(C)N(Cc1ccccc1C)C(=O)c1cn[nH]n1. The molecule has 1 aromatic carbocycles. The van der Waals surface area contributed by atoms with Crippen LogP contribution in [0.15, 0.2) is 30.5 Å². The van der Waals surface area contributed by atoms with Crippen molar-refractivity contribution >= 4 is 5.91 Å². The topological polar surface area (TPSA) is 71.1 Å². The van der Waals surface area contributed by atoms with Crippen LogP contribution in [0.2, 0.25) is 0 Å². The average molecular weight is 288 g/mol. The Kier molecular flexibility index (Phi) is 5.05. The zero-order valence-corrected chi connectivity index (χ0v) is 12.5. The molecule has 0 fully saturated rings. The van der Waals surface area contributed by atoms with Gasteiger partial charge in [-0.25, -0.2) is 0 Å². The van der Waals surface area contributed by atoms with E-state index in [9.17, 15) is 4.79 Å². The number of aromatic amines is 1. The van der Waals surface area contributed by atoms with Crippen LogP contribution in [-0.4, -0.2) is 46.0 Å². The number of hydrogen-bond donors (Lipinski definition) is 1. The van der Waals surface area contributed by atoms with Crippen molar-refractivity contribution in [2.24, 2.45) is 0 Å².